The number of fused-ring (bicyclic) bond motifs is 1. The van der Waals surface area contributed by atoms with E-state index >= 15 is 0 Å². The summed E-state index contributed by atoms with van der Waals surface area (Å²) in [7, 11) is 0. The molecule has 1 atom stereocenters. The fourth-order valence-electron chi connectivity index (χ4n) is 4.43. The molecule has 0 N–H and O–H groups in total. The van der Waals surface area contributed by atoms with Crippen molar-refractivity contribution in [1.82, 2.24) is 20.0 Å². The zero-order valence-corrected chi connectivity index (χ0v) is 17.6. The molecule has 9 heteroatoms. The molecule has 0 spiro atoms. The van der Waals surface area contributed by atoms with E-state index in [1.54, 1.807) is 28.0 Å². The highest BCUT2D eigenvalue weighted by Gasteiger charge is 2.36. The van der Waals surface area contributed by atoms with Gasteiger partial charge in [-0.2, -0.15) is 0 Å². The molecule has 2 aliphatic rings. The highest BCUT2D eigenvalue weighted by atomic mass is 19.1. The normalized spacial score (nSPS) is 18.2. The van der Waals surface area contributed by atoms with Gasteiger partial charge in [-0.15, -0.1) is 0 Å². The number of carbonyl (C=O) groups is 2. The first-order valence-electron chi connectivity index (χ1n) is 10.6. The van der Waals surface area contributed by atoms with Gasteiger partial charge in [-0.3, -0.25) is 14.5 Å². The third-order valence-electron chi connectivity index (χ3n) is 6.07. The van der Waals surface area contributed by atoms with Crippen LogP contribution < -0.4 is 4.90 Å². The van der Waals surface area contributed by atoms with E-state index in [0.717, 1.165) is 29.7 Å². The number of nitrogens with zero attached hydrogens (tertiary/aromatic N) is 5. The number of aryl methyl sites for hydroxylation is 1. The standard InChI is InChI=1S/C23H22FN5O3/c1-14-17-8-9-20(30)29(13-15-4-6-16(24)7-5-15)22(17)27-21(26-14)18-3-2-12-28(18)23(31)19-10-11-25-32-19/h4-7,10-11,18H,2-3,8-9,12-13H2,1H3. The van der Waals surface area contributed by atoms with Crippen molar-refractivity contribution in [1.29, 1.82) is 0 Å². The number of hydrogen-bond acceptors (Lipinski definition) is 6. The van der Waals surface area contributed by atoms with Gasteiger partial charge in [0, 0.05) is 30.3 Å². The number of amides is 2. The summed E-state index contributed by atoms with van der Waals surface area (Å²) in [6.45, 7) is 2.78. The summed E-state index contributed by atoms with van der Waals surface area (Å²) in [5.41, 5.74) is 2.55. The highest BCUT2D eigenvalue weighted by molar-refractivity contribution is 5.95. The Labute approximate surface area is 184 Å². The Morgan fingerprint density at radius 2 is 2.00 bits per heavy atom. The first-order valence-corrected chi connectivity index (χ1v) is 10.6. The third kappa shape index (κ3) is 3.63. The van der Waals surface area contributed by atoms with Gasteiger partial charge in [0.15, 0.2) is 5.82 Å². The average molecular weight is 435 g/mol. The second kappa shape index (κ2) is 8.14. The molecule has 8 nitrogen and oxygen atoms in total. The van der Waals surface area contributed by atoms with Gasteiger partial charge in [0.2, 0.25) is 11.7 Å². The minimum Gasteiger partial charge on any atom is -0.351 e. The summed E-state index contributed by atoms with van der Waals surface area (Å²) in [5.74, 6) is 0.671. The summed E-state index contributed by atoms with van der Waals surface area (Å²) in [6, 6.07) is 7.34. The van der Waals surface area contributed by atoms with Crippen LogP contribution in [0.15, 0.2) is 41.1 Å². The van der Waals surface area contributed by atoms with Gasteiger partial charge in [-0.05, 0) is 43.9 Å². The van der Waals surface area contributed by atoms with E-state index in [9.17, 15) is 14.0 Å². The van der Waals surface area contributed by atoms with Crippen molar-refractivity contribution in [3.8, 4) is 0 Å². The number of rotatable bonds is 4. The van der Waals surface area contributed by atoms with Crippen molar-refractivity contribution in [2.75, 3.05) is 11.4 Å². The molecule has 0 saturated carbocycles. The average Bonchev–Trinajstić information content (AvgIpc) is 3.49. The Balaban J connectivity index is 1.50. The molecular weight excluding hydrogens is 413 g/mol. The number of likely N-dealkylation sites (tertiary alicyclic amines) is 1. The molecule has 1 fully saturated rings. The van der Waals surface area contributed by atoms with Crippen molar-refractivity contribution in [2.45, 2.75) is 45.2 Å². The zero-order chi connectivity index (χ0) is 22.2. The molecule has 1 unspecified atom stereocenters. The lowest BCUT2D eigenvalue weighted by molar-refractivity contribution is -0.119. The Bertz CT molecular complexity index is 1160. The van der Waals surface area contributed by atoms with E-state index < -0.39 is 0 Å². The summed E-state index contributed by atoms with van der Waals surface area (Å²) in [4.78, 5) is 38.6. The molecule has 2 amide bonds. The molecule has 164 valence electrons. The number of anilines is 1. The van der Waals surface area contributed by atoms with Crippen LogP contribution in [-0.2, 0) is 17.8 Å². The maximum Gasteiger partial charge on any atom is 0.293 e. The summed E-state index contributed by atoms with van der Waals surface area (Å²) in [6.07, 6.45) is 3.94. The van der Waals surface area contributed by atoms with Crippen LogP contribution >= 0.6 is 0 Å². The van der Waals surface area contributed by atoms with Crippen LogP contribution in [0.5, 0.6) is 0 Å². The summed E-state index contributed by atoms with van der Waals surface area (Å²) in [5, 5.41) is 3.63. The van der Waals surface area contributed by atoms with Crippen molar-refractivity contribution in [3.63, 3.8) is 0 Å². The van der Waals surface area contributed by atoms with Gasteiger partial charge in [-0.1, -0.05) is 17.3 Å². The van der Waals surface area contributed by atoms with E-state index in [1.807, 2.05) is 6.92 Å². The molecule has 2 aliphatic heterocycles. The molecule has 0 radical (unpaired) electrons. The van der Waals surface area contributed by atoms with Crippen LogP contribution in [-0.4, -0.2) is 38.4 Å². The highest BCUT2D eigenvalue weighted by Crippen LogP contribution is 2.35. The summed E-state index contributed by atoms with van der Waals surface area (Å²) >= 11 is 0. The fraction of sp³-hybridized carbons (Fsp3) is 0.348. The Hall–Kier alpha value is -3.62. The molecule has 3 aromatic rings. The van der Waals surface area contributed by atoms with E-state index in [2.05, 4.69) is 5.16 Å². The largest absolute Gasteiger partial charge is 0.351 e. The van der Waals surface area contributed by atoms with Crippen molar-refractivity contribution < 1.29 is 18.5 Å². The molecule has 4 heterocycles. The second-order valence-corrected chi connectivity index (χ2v) is 8.11. The van der Waals surface area contributed by atoms with Gasteiger partial charge < -0.3 is 9.42 Å². The first kappa shape index (κ1) is 20.3. The van der Waals surface area contributed by atoms with Crippen molar-refractivity contribution in [3.05, 3.63) is 70.8 Å². The molecule has 1 aromatic carbocycles. The van der Waals surface area contributed by atoms with Crippen LogP contribution in [0, 0.1) is 12.7 Å². The third-order valence-corrected chi connectivity index (χ3v) is 6.07. The van der Waals surface area contributed by atoms with Crippen LogP contribution in [0.25, 0.3) is 0 Å². The second-order valence-electron chi connectivity index (χ2n) is 8.11. The van der Waals surface area contributed by atoms with Crippen molar-refractivity contribution in [2.24, 2.45) is 0 Å². The maximum atomic E-state index is 13.3. The molecule has 32 heavy (non-hydrogen) atoms. The topological polar surface area (TPSA) is 92.4 Å². The SMILES string of the molecule is Cc1nc(C2CCCN2C(=O)c2ccno2)nc2c1CCC(=O)N2Cc1ccc(F)cc1. The molecular formula is C23H22FN5O3. The lowest BCUT2D eigenvalue weighted by Gasteiger charge is -2.31. The number of carbonyl (C=O) groups excluding carboxylic acids is 2. The molecule has 2 aromatic heterocycles. The van der Waals surface area contributed by atoms with Crippen LogP contribution in [0.4, 0.5) is 10.2 Å². The van der Waals surface area contributed by atoms with E-state index in [0.29, 0.717) is 37.6 Å². The maximum absolute atomic E-state index is 13.3. The minimum absolute atomic E-state index is 0.0353. The van der Waals surface area contributed by atoms with Gasteiger partial charge in [0.05, 0.1) is 18.8 Å². The number of halogens is 1. The lowest BCUT2D eigenvalue weighted by atomic mass is 10.0. The molecule has 5 rings (SSSR count). The number of aromatic nitrogens is 3. The van der Waals surface area contributed by atoms with Crippen LogP contribution in [0.1, 0.15) is 58.5 Å². The number of benzene rings is 1. The Kier molecular flexibility index (Phi) is 5.16. The predicted octanol–water partition coefficient (Wildman–Crippen LogP) is 3.37. The van der Waals surface area contributed by atoms with E-state index in [4.69, 9.17) is 14.5 Å². The minimum atomic E-state index is -0.322. The quantitative estimate of drug-likeness (QED) is 0.624. The van der Waals surface area contributed by atoms with E-state index in [1.165, 1.54) is 18.3 Å². The lowest BCUT2D eigenvalue weighted by Crippen LogP contribution is -2.37. The van der Waals surface area contributed by atoms with Gasteiger partial charge >= 0.3 is 0 Å². The predicted molar refractivity (Wildman–Crippen MR) is 112 cm³/mol. The monoisotopic (exact) mass is 435 g/mol. The van der Waals surface area contributed by atoms with E-state index in [-0.39, 0.29) is 29.4 Å². The van der Waals surface area contributed by atoms with Gasteiger partial charge in [0.1, 0.15) is 11.6 Å². The van der Waals surface area contributed by atoms with Gasteiger partial charge in [-0.25, -0.2) is 14.4 Å². The summed E-state index contributed by atoms with van der Waals surface area (Å²) < 4.78 is 18.4. The molecule has 0 bridgehead atoms. The zero-order valence-electron chi connectivity index (χ0n) is 17.6. The van der Waals surface area contributed by atoms with Crippen LogP contribution in [0.3, 0.4) is 0 Å². The van der Waals surface area contributed by atoms with Gasteiger partial charge in [0.25, 0.3) is 5.91 Å². The van der Waals surface area contributed by atoms with Crippen LogP contribution in [0.2, 0.25) is 0 Å². The Morgan fingerprint density at radius 3 is 2.75 bits per heavy atom. The van der Waals surface area contributed by atoms with Crippen molar-refractivity contribution >= 4 is 17.6 Å². The Morgan fingerprint density at radius 1 is 1.19 bits per heavy atom. The number of hydrogen-bond donors (Lipinski definition) is 0. The molecule has 0 aliphatic carbocycles. The first-order chi connectivity index (χ1) is 15.5. The fourth-order valence-corrected chi connectivity index (χ4v) is 4.43. The smallest absolute Gasteiger partial charge is 0.293 e. The molecule has 1 saturated heterocycles.